The largest absolute Gasteiger partial charge is 0.293 e. The number of rotatable bonds is 3. The number of hydrogen-bond acceptors (Lipinski definition) is 3. The van der Waals surface area contributed by atoms with E-state index in [1.807, 2.05) is 42.6 Å². The van der Waals surface area contributed by atoms with Crippen LogP contribution in [0, 0.1) is 0 Å². The zero-order valence-corrected chi connectivity index (χ0v) is 11.2. The van der Waals surface area contributed by atoms with Crippen molar-refractivity contribution in [3.63, 3.8) is 0 Å². The molecule has 0 atom stereocenters. The van der Waals surface area contributed by atoms with E-state index in [0.717, 1.165) is 11.4 Å². The number of aromatic nitrogens is 4. The minimum Gasteiger partial charge on any atom is -0.293 e. The first-order valence-electron chi connectivity index (χ1n) is 6.04. The highest BCUT2D eigenvalue weighted by Gasteiger charge is 2.04. The fourth-order valence-corrected chi connectivity index (χ4v) is 2.00. The molecule has 5 nitrogen and oxygen atoms in total. The first-order valence-corrected chi connectivity index (χ1v) is 6.42. The van der Waals surface area contributed by atoms with Gasteiger partial charge < -0.3 is 0 Å². The van der Waals surface area contributed by atoms with E-state index < -0.39 is 0 Å². The average molecular weight is 287 g/mol. The molecule has 2 heterocycles. The lowest BCUT2D eigenvalue weighted by atomic mass is 10.3. The third-order valence-electron chi connectivity index (χ3n) is 2.84. The molecule has 0 aliphatic carbocycles. The standard InChI is InChI=1S/C14H11ClN4O/c15-13-8-14(20)18(10-16-13)9-11-6-7-19(17-11)12-4-2-1-3-5-12/h1-8,10H,9H2. The third kappa shape index (κ3) is 2.62. The number of nitrogens with zero attached hydrogens (tertiary/aromatic N) is 4. The molecule has 2 aromatic heterocycles. The van der Waals surface area contributed by atoms with Gasteiger partial charge in [-0.05, 0) is 18.2 Å². The van der Waals surface area contributed by atoms with Gasteiger partial charge in [-0.1, -0.05) is 29.8 Å². The number of hydrogen-bond donors (Lipinski definition) is 0. The monoisotopic (exact) mass is 286 g/mol. The van der Waals surface area contributed by atoms with Crippen LogP contribution in [0.4, 0.5) is 0 Å². The van der Waals surface area contributed by atoms with Crippen molar-refractivity contribution >= 4 is 11.6 Å². The predicted molar refractivity (Wildman–Crippen MR) is 76.2 cm³/mol. The van der Waals surface area contributed by atoms with E-state index in [1.54, 1.807) is 4.68 Å². The van der Waals surface area contributed by atoms with Crippen molar-refractivity contribution in [2.24, 2.45) is 0 Å². The molecule has 0 fully saturated rings. The van der Waals surface area contributed by atoms with E-state index in [4.69, 9.17) is 11.6 Å². The van der Waals surface area contributed by atoms with Crippen LogP contribution in [-0.4, -0.2) is 19.3 Å². The minimum absolute atomic E-state index is 0.195. The van der Waals surface area contributed by atoms with Crippen LogP contribution in [0.3, 0.4) is 0 Å². The summed E-state index contributed by atoms with van der Waals surface area (Å²) in [6.45, 7) is 0.364. The Morgan fingerprint density at radius 2 is 1.95 bits per heavy atom. The molecule has 6 heteroatoms. The Labute approximate surface area is 120 Å². The third-order valence-corrected chi connectivity index (χ3v) is 3.05. The molecule has 0 radical (unpaired) electrons. The normalized spacial score (nSPS) is 10.7. The first kappa shape index (κ1) is 12.6. The van der Waals surface area contributed by atoms with Gasteiger partial charge in [-0.25, -0.2) is 9.67 Å². The van der Waals surface area contributed by atoms with Crippen LogP contribution < -0.4 is 5.56 Å². The first-order chi connectivity index (χ1) is 9.72. The van der Waals surface area contributed by atoms with E-state index in [1.165, 1.54) is 17.0 Å². The molecule has 0 saturated heterocycles. The van der Waals surface area contributed by atoms with Gasteiger partial charge in [0.25, 0.3) is 5.56 Å². The summed E-state index contributed by atoms with van der Waals surface area (Å²) in [6, 6.07) is 12.9. The van der Waals surface area contributed by atoms with Crippen molar-refractivity contribution in [1.29, 1.82) is 0 Å². The minimum atomic E-state index is -0.195. The maximum Gasteiger partial charge on any atom is 0.255 e. The van der Waals surface area contributed by atoms with Crippen LogP contribution in [0.15, 0.2) is 59.8 Å². The van der Waals surface area contributed by atoms with Crippen LogP contribution in [0.2, 0.25) is 5.15 Å². The van der Waals surface area contributed by atoms with Gasteiger partial charge in [0.2, 0.25) is 0 Å². The molecular formula is C14H11ClN4O. The van der Waals surface area contributed by atoms with Crippen molar-refractivity contribution in [3.05, 3.63) is 76.2 Å². The van der Waals surface area contributed by atoms with Crippen molar-refractivity contribution in [1.82, 2.24) is 19.3 Å². The Kier molecular flexibility index (Phi) is 3.35. The van der Waals surface area contributed by atoms with Gasteiger partial charge in [0.05, 0.1) is 24.3 Å². The van der Waals surface area contributed by atoms with Gasteiger partial charge in [-0.3, -0.25) is 9.36 Å². The summed E-state index contributed by atoms with van der Waals surface area (Å²) in [6.07, 6.45) is 3.28. The Balaban J connectivity index is 1.86. The second kappa shape index (κ2) is 5.30. The summed E-state index contributed by atoms with van der Waals surface area (Å²) in [5, 5.41) is 4.63. The van der Waals surface area contributed by atoms with Gasteiger partial charge in [0.1, 0.15) is 5.15 Å². The highest BCUT2D eigenvalue weighted by atomic mass is 35.5. The second-order valence-corrected chi connectivity index (χ2v) is 4.65. The molecule has 0 spiro atoms. The molecule has 0 amide bonds. The molecule has 1 aromatic carbocycles. The molecular weight excluding hydrogens is 276 g/mol. The Hall–Kier alpha value is -2.40. The molecule has 0 aliphatic heterocycles. The maximum absolute atomic E-state index is 11.7. The fraction of sp³-hybridized carbons (Fsp3) is 0.0714. The summed E-state index contributed by atoms with van der Waals surface area (Å²) < 4.78 is 3.23. The fourth-order valence-electron chi connectivity index (χ4n) is 1.87. The zero-order chi connectivity index (χ0) is 13.9. The lowest BCUT2D eigenvalue weighted by Crippen LogP contribution is -2.20. The van der Waals surface area contributed by atoms with E-state index >= 15 is 0 Å². The van der Waals surface area contributed by atoms with Crippen molar-refractivity contribution in [2.75, 3.05) is 0 Å². The van der Waals surface area contributed by atoms with Crippen LogP contribution in [0.25, 0.3) is 5.69 Å². The van der Waals surface area contributed by atoms with E-state index in [0.29, 0.717) is 6.54 Å². The molecule has 20 heavy (non-hydrogen) atoms. The predicted octanol–water partition coefficient (Wildman–Crippen LogP) is 2.13. The molecule has 0 aliphatic rings. The molecule has 3 aromatic rings. The topological polar surface area (TPSA) is 52.7 Å². The van der Waals surface area contributed by atoms with E-state index in [9.17, 15) is 4.79 Å². The van der Waals surface area contributed by atoms with Crippen LogP contribution in [0.5, 0.6) is 0 Å². The summed E-state index contributed by atoms with van der Waals surface area (Å²) >= 11 is 5.66. The lowest BCUT2D eigenvalue weighted by Gasteiger charge is -2.02. The van der Waals surface area contributed by atoms with Gasteiger partial charge in [-0.15, -0.1) is 0 Å². The lowest BCUT2D eigenvalue weighted by molar-refractivity contribution is 0.703. The molecule has 0 unspecified atom stereocenters. The van der Waals surface area contributed by atoms with Crippen LogP contribution in [-0.2, 0) is 6.54 Å². The Morgan fingerprint density at radius 1 is 1.15 bits per heavy atom. The average Bonchev–Trinajstić information content (AvgIpc) is 2.92. The molecule has 0 saturated carbocycles. The quantitative estimate of drug-likeness (QED) is 0.693. The van der Waals surface area contributed by atoms with Gasteiger partial charge >= 0.3 is 0 Å². The maximum atomic E-state index is 11.7. The highest BCUT2D eigenvalue weighted by molar-refractivity contribution is 6.29. The summed E-state index contributed by atoms with van der Waals surface area (Å²) in [7, 11) is 0. The van der Waals surface area contributed by atoms with Gasteiger partial charge in [0, 0.05) is 12.3 Å². The summed E-state index contributed by atoms with van der Waals surface area (Å²) in [4.78, 5) is 15.6. The second-order valence-electron chi connectivity index (χ2n) is 4.26. The molecule has 100 valence electrons. The molecule has 0 bridgehead atoms. The smallest absolute Gasteiger partial charge is 0.255 e. The zero-order valence-electron chi connectivity index (χ0n) is 10.5. The number of benzene rings is 1. The van der Waals surface area contributed by atoms with Crippen molar-refractivity contribution in [3.8, 4) is 5.69 Å². The number of para-hydroxylation sites is 1. The highest BCUT2D eigenvalue weighted by Crippen LogP contribution is 2.07. The summed E-state index contributed by atoms with van der Waals surface area (Å²) in [5.41, 5.74) is 1.56. The Bertz CT molecular complexity index is 779. The van der Waals surface area contributed by atoms with E-state index in [-0.39, 0.29) is 10.7 Å². The van der Waals surface area contributed by atoms with Crippen molar-refractivity contribution < 1.29 is 0 Å². The molecule has 0 N–H and O–H groups in total. The van der Waals surface area contributed by atoms with Crippen molar-refractivity contribution in [2.45, 2.75) is 6.54 Å². The summed E-state index contributed by atoms with van der Waals surface area (Å²) in [5.74, 6) is 0. The molecule has 3 rings (SSSR count). The van der Waals surface area contributed by atoms with Gasteiger partial charge in [0.15, 0.2) is 0 Å². The van der Waals surface area contributed by atoms with Crippen LogP contribution in [0.1, 0.15) is 5.69 Å². The van der Waals surface area contributed by atoms with Crippen LogP contribution >= 0.6 is 11.6 Å². The van der Waals surface area contributed by atoms with E-state index in [2.05, 4.69) is 10.1 Å². The van der Waals surface area contributed by atoms with Gasteiger partial charge in [-0.2, -0.15) is 5.10 Å². The number of halogens is 1. The Morgan fingerprint density at radius 3 is 2.70 bits per heavy atom. The SMILES string of the molecule is O=c1cc(Cl)ncn1Cc1ccn(-c2ccccc2)n1.